The first-order valence-corrected chi connectivity index (χ1v) is 6.72. The molecule has 0 bridgehead atoms. The van der Waals surface area contributed by atoms with Gasteiger partial charge in [0.2, 0.25) is 0 Å². The zero-order valence-corrected chi connectivity index (χ0v) is 11.2. The lowest BCUT2D eigenvalue weighted by Gasteiger charge is -2.00. The number of aromatic amines is 1. The molecule has 0 amide bonds. The van der Waals surface area contributed by atoms with Crippen LogP contribution in [0.4, 0.5) is 0 Å². The standard InChI is InChI=1S/C7H8N4O2.CH6Si/c1-10-5-4(8-3-9-5)6(12)11(2)7(10)13;1-2/h3H,1-2H3,(H,8,9);1-2H3. The molecule has 0 aliphatic heterocycles. The SMILES string of the molecule is C[SiH3].Cn1c(=O)c2[nH]cnc2n(C)c1=O. The molecule has 0 aromatic carbocycles. The van der Waals surface area contributed by atoms with Crippen LogP contribution in [0.3, 0.4) is 0 Å². The van der Waals surface area contributed by atoms with E-state index in [0.29, 0.717) is 11.2 Å². The van der Waals surface area contributed by atoms with Crippen LogP contribution < -0.4 is 11.2 Å². The van der Waals surface area contributed by atoms with Crippen molar-refractivity contribution in [3.63, 3.8) is 0 Å². The average Bonchev–Trinajstić information content (AvgIpc) is 2.75. The first-order valence-electron chi connectivity index (χ1n) is 4.72. The van der Waals surface area contributed by atoms with Crippen LogP contribution in [0.25, 0.3) is 11.2 Å². The Labute approximate surface area is 89.0 Å². The van der Waals surface area contributed by atoms with Crippen molar-refractivity contribution in [2.45, 2.75) is 6.55 Å². The van der Waals surface area contributed by atoms with Gasteiger partial charge in [0.1, 0.15) is 5.52 Å². The Kier molecular flexibility index (Phi) is 3.25. The number of rotatable bonds is 0. The molecule has 0 spiro atoms. The number of imidazole rings is 1. The molecule has 6 nitrogen and oxygen atoms in total. The molecule has 2 heterocycles. The van der Waals surface area contributed by atoms with Crippen molar-refractivity contribution in [3.8, 4) is 0 Å². The number of aromatic nitrogens is 4. The van der Waals surface area contributed by atoms with Gasteiger partial charge in [-0.05, 0) is 10.2 Å². The molecule has 0 unspecified atom stereocenters. The lowest BCUT2D eigenvalue weighted by molar-refractivity contribution is 0.709. The normalized spacial score (nSPS) is 10.1. The first-order chi connectivity index (χ1) is 7.13. The molecular weight excluding hydrogens is 212 g/mol. The molecule has 2 rings (SSSR count). The number of nitrogens with one attached hydrogen (secondary N) is 1. The Morgan fingerprint density at radius 3 is 2.47 bits per heavy atom. The van der Waals surface area contributed by atoms with Crippen molar-refractivity contribution in [2.24, 2.45) is 14.1 Å². The summed E-state index contributed by atoms with van der Waals surface area (Å²) in [4.78, 5) is 29.4. The number of hydrogen-bond acceptors (Lipinski definition) is 3. The van der Waals surface area contributed by atoms with Crippen molar-refractivity contribution in [1.29, 1.82) is 0 Å². The second-order valence-corrected chi connectivity index (χ2v) is 2.81. The van der Waals surface area contributed by atoms with Crippen LogP contribution in [0.2, 0.25) is 6.55 Å². The fourth-order valence-electron chi connectivity index (χ4n) is 1.27. The molecule has 82 valence electrons. The third-order valence-corrected chi connectivity index (χ3v) is 2.03. The van der Waals surface area contributed by atoms with E-state index >= 15 is 0 Å². The molecule has 0 saturated heterocycles. The van der Waals surface area contributed by atoms with E-state index in [1.807, 2.05) is 0 Å². The highest BCUT2D eigenvalue weighted by Crippen LogP contribution is 1.97. The van der Waals surface area contributed by atoms with Gasteiger partial charge in [-0.1, -0.05) is 6.55 Å². The van der Waals surface area contributed by atoms with E-state index < -0.39 is 0 Å². The predicted octanol–water partition coefficient (Wildman–Crippen LogP) is -1.64. The minimum Gasteiger partial charge on any atom is -0.339 e. The zero-order chi connectivity index (χ0) is 11.6. The van der Waals surface area contributed by atoms with E-state index in [4.69, 9.17) is 0 Å². The number of H-pyrrole nitrogens is 1. The molecule has 2 aromatic heterocycles. The van der Waals surface area contributed by atoms with Gasteiger partial charge in [0.15, 0.2) is 5.65 Å². The average molecular weight is 226 g/mol. The number of hydrogen-bond donors (Lipinski definition) is 1. The van der Waals surface area contributed by atoms with Gasteiger partial charge in [-0.3, -0.25) is 13.9 Å². The van der Waals surface area contributed by atoms with Gasteiger partial charge in [-0.15, -0.1) is 0 Å². The van der Waals surface area contributed by atoms with Gasteiger partial charge in [0, 0.05) is 14.1 Å². The summed E-state index contributed by atoms with van der Waals surface area (Å²) in [5, 5.41) is 0. The highest BCUT2D eigenvalue weighted by atomic mass is 28.1. The Balaban J connectivity index is 0.000000531. The van der Waals surface area contributed by atoms with E-state index in [1.165, 1.54) is 28.2 Å². The summed E-state index contributed by atoms with van der Waals surface area (Å²) >= 11 is 0. The zero-order valence-electron chi connectivity index (χ0n) is 9.24. The lowest BCUT2D eigenvalue weighted by Crippen LogP contribution is -2.36. The van der Waals surface area contributed by atoms with Crippen molar-refractivity contribution in [3.05, 3.63) is 27.2 Å². The minimum absolute atomic E-state index is 0.351. The molecular formula is C8H14N4O2Si. The first kappa shape index (κ1) is 11.4. The fraction of sp³-hybridized carbons (Fsp3) is 0.375. The van der Waals surface area contributed by atoms with E-state index in [9.17, 15) is 9.59 Å². The summed E-state index contributed by atoms with van der Waals surface area (Å²) in [6.07, 6.45) is 1.39. The van der Waals surface area contributed by atoms with Crippen LogP contribution >= 0.6 is 0 Å². The minimum atomic E-state index is -0.371. The van der Waals surface area contributed by atoms with Crippen molar-refractivity contribution in [2.75, 3.05) is 0 Å². The molecule has 7 heteroatoms. The summed E-state index contributed by atoms with van der Waals surface area (Å²) in [6, 6.07) is 0. The molecule has 15 heavy (non-hydrogen) atoms. The topological polar surface area (TPSA) is 72.7 Å². The highest BCUT2D eigenvalue weighted by molar-refractivity contribution is 6.05. The van der Waals surface area contributed by atoms with Crippen molar-refractivity contribution < 1.29 is 0 Å². The molecule has 0 saturated carbocycles. The third-order valence-electron chi connectivity index (χ3n) is 2.03. The Morgan fingerprint density at radius 1 is 1.27 bits per heavy atom. The van der Waals surface area contributed by atoms with E-state index in [1.54, 1.807) is 7.05 Å². The largest absolute Gasteiger partial charge is 0.339 e. The monoisotopic (exact) mass is 226 g/mol. The quantitative estimate of drug-likeness (QED) is 0.548. The van der Waals surface area contributed by atoms with Gasteiger partial charge in [-0.2, -0.15) is 0 Å². The van der Waals surface area contributed by atoms with E-state index in [0.717, 1.165) is 4.57 Å². The molecule has 0 radical (unpaired) electrons. The predicted molar refractivity (Wildman–Crippen MR) is 62.4 cm³/mol. The van der Waals surface area contributed by atoms with Crippen LogP contribution in [0.15, 0.2) is 15.9 Å². The number of nitrogens with zero attached hydrogens (tertiary/aromatic N) is 3. The van der Waals surface area contributed by atoms with Crippen LogP contribution in [0, 0.1) is 0 Å². The molecule has 0 atom stereocenters. The summed E-state index contributed by atoms with van der Waals surface area (Å²) in [5.74, 6) is 0. The Hall–Kier alpha value is -1.63. The maximum Gasteiger partial charge on any atom is 0.332 e. The Bertz CT molecular complexity index is 580. The van der Waals surface area contributed by atoms with Gasteiger partial charge >= 0.3 is 5.69 Å². The van der Waals surface area contributed by atoms with Gasteiger partial charge in [-0.25, -0.2) is 9.78 Å². The maximum atomic E-state index is 11.4. The highest BCUT2D eigenvalue weighted by Gasteiger charge is 2.08. The maximum absolute atomic E-state index is 11.4. The van der Waals surface area contributed by atoms with Gasteiger partial charge < -0.3 is 4.98 Å². The van der Waals surface area contributed by atoms with Crippen LogP contribution in [0.5, 0.6) is 0 Å². The summed E-state index contributed by atoms with van der Waals surface area (Å²) in [5.41, 5.74) is 0.0119. The third kappa shape index (κ3) is 1.65. The molecule has 2 aromatic rings. The smallest absolute Gasteiger partial charge is 0.332 e. The van der Waals surface area contributed by atoms with Crippen molar-refractivity contribution in [1.82, 2.24) is 19.1 Å². The number of fused-ring (bicyclic) bond motifs is 1. The molecule has 1 N–H and O–H groups in total. The molecule has 0 fully saturated rings. The van der Waals surface area contributed by atoms with Gasteiger partial charge in [0.05, 0.1) is 6.33 Å². The van der Waals surface area contributed by atoms with E-state index in [2.05, 4.69) is 16.5 Å². The van der Waals surface area contributed by atoms with E-state index in [-0.39, 0.29) is 11.2 Å². The van der Waals surface area contributed by atoms with Crippen LogP contribution in [-0.4, -0.2) is 29.3 Å². The molecule has 0 aliphatic carbocycles. The Morgan fingerprint density at radius 2 is 1.87 bits per heavy atom. The van der Waals surface area contributed by atoms with Crippen LogP contribution in [0.1, 0.15) is 0 Å². The summed E-state index contributed by atoms with van der Waals surface area (Å²) in [6.45, 7) is 2.14. The van der Waals surface area contributed by atoms with Gasteiger partial charge in [0.25, 0.3) is 5.56 Å². The lowest BCUT2D eigenvalue weighted by atomic mass is 10.5. The number of aryl methyl sites for hydroxylation is 1. The van der Waals surface area contributed by atoms with Crippen LogP contribution in [-0.2, 0) is 14.1 Å². The second kappa shape index (κ2) is 4.26. The fourth-order valence-corrected chi connectivity index (χ4v) is 1.27. The summed E-state index contributed by atoms with van der Waals surface area (Å²) < 4.78 is 2.37. The molecule has 0 aliphatic rings. The second-order valence-electron chi connectivity index (χ2n) is 2.81. The van der Waals surface area contributed by atoms with Crippen molar-refractivity contribution >= 4 is 21.4 Å². The summed E-state index contributed by atoms with van der Waals surface area (Å²) in [7, 11) is 4.32.